The number of carbonyl (C=O) groups is 1. The van der Waals surface area contributed by atoms with Gasteiger partial charge in [-0.05, 0) is 50.4 Å². The SMILES string of the molecule is Cc1ccc(CN2CCCC(C)(C(=O)O)C2)cc1F. The smallest absolute Gasteiger partial charge is 0.310 e. The summed E-state index contributed by atoms with van der Waals surface area (Å²) in [5.74, 6) is -0.942. The molecule has 1 heterocycles. The fourth-order valence-electron chi connectivity index (χ4n) is 2.65. The summed E-state index contributed by atoms with van der Waals surface area (Å²) in [6.07, 6.45) is 1.58. The molecule has 19 heavy (non-hydrogen) atoms. The number of nitrogens with zero attached hydrogens (tertiary/aromatic N) is 1. The van der Waals surface area contributed by atoms with Crippen molar-refractivity contribution in [3.05, 3.63) is 35.1 Å². The normalized spacial score (nSPS) is 24.4. The van der Waals surface area contributed by atoms with Crippen LogP contribution in [0.5, 0.6) is 0 Å². The first-order valence-corrected chi connectivity index (χ1v) is 6.61. The standard InChI is InChI=1S/C15H20FNO2/c1-11-4-5-12(8-13(11)16)9-17-7-3-6-15(2,10-17)14(18)19/h4-5,8H,3,6-7,9-10H2,1-2H3,(H,18,19). The lowest BCUT2D eigenvalue weighted by atomic mass is 9.82. The maximum atomic E-state index is 13.5. The highest BCUT2D eigenvalue weighted by atomic mass is 19.1. The lowest BCUT2D eigenvalue weighted by Crippen LogP contribution is -2.45. The highest BCUT2D eigenvalue weighted by Gasteiger charge is 2.37. The first kappa shape index (κ1) is 14.0. The Balaban J connectivity index is 2.06. The van der Waals surface area contributed by atoms with E-state index in [1.54, 1.807) is 26.0 Å². The zero-order chi connectivity index (χ0) is 14.0. The molecule has 0 aromatic heterocycles. The van der Waals surface area contributed by atoms with Crippen LogP contribution in [0, 0.1) is 18.2 Å². The van der Waals surface area contributed by atoms with E-state index < -0.39 is 11.4 Å². The molecule has 0 radical (unpaired) electrons. The van der Waals surface area contributed by atoms with E-state index >= 15 is 0 Å². The van der Waals surface area contributed by atoms with E-state index in [1.165, 1.54) is 0 Å². The van der Waals surface area contributed by atoms with E-state index in [1.807, 2.05) is 6.07 Å². The van der Waals surface area contributed by atoms with Crippen LogP contribution in [0.1, 0.15) is 30.9 Å². The van der Waals surface area contributed by atoms with Gasteiger partial charge in [0.2, 0.25) is 0 Å². The molecular formula is C15H20FNO2. The van der Waals surface area contributed by atoms with Crippen LogP contribution in [0.4, 0.5) is 4.39 Å². The number of hydrogen-bond donors (Lipinski definition) is 1. The molecule has 0 spiro atoms. The number of likely N-dealkylation sites (tertiary alicyclic amines) is 1. The van der Waals surface area contributed by atoms with Crippen molar-refractivity contribution >= 4 is 5.97 Å². The van der Waals surface area contributed by atoms with Gasteiger partial charge in [-0.1, -0.05) is 12.1 Å². The summed E-state index contributed by atoms with van der Waals surface area (Å²) >= 11 is 0. The van der Waals surface area contributed by atoms with E-state index in [0.29, 0.717) is 25.1 Å². The topological polar surface area (TPSA) is 40.5 Å². The van der Waals surface area contributed by atoms with Gasteiger partial charge in [0.1, 0.15) is 5.82 Å². The lowest BCUT2D eigenvalue weighted by Gasteiger charge is -2.37. The Morgan fingerprint density at radius 2 is 2.26 bits per heavy atom. The van der Waals surface area contributed by atoms with Gasteiger partial charge >= 0.3 is 5.97 Å². The van der Waals surface area contributed by atoms with Crippen LogP contribution in [0.2, 0.25) is 0 Å². The largest absolute Gasteiger partial charge is 0.481 e. The zero-order valence-corrected chi connectivity index (χ0v) is 11.4. The van der Waals surface area contributed by atoms with Gasteiger partial charge < -0.3 is 5.11 Å². The molecule has 0 aliphatic carbocycles. The van der Waals surface area contributed by atoms with Gasteiger partial charge in [-0.2, -0.15) is 0 Å². The van der Waals surface area contributed by atoms with Crippen molar-refractivity contribution in [1.29, 1.82) is 0 Å². The van der Waals surface area contributed by atoms with Crippen LogP contribution in [-0.4, -0.2) is 29.1 Å². The molecule has 1 aliphatic heterocycles. The minimum Gasteiger partial charge on any atom is -0.481 e. The van der Waals surface area contributed by atoms with Crippen molar-refractivity contribution in [2.75, 3.05) is 13.1 Å². The number of hydrogen-bond acceptors (Lipinski definition) is 2. The molecular weight excluding hydrogens is 245 g/mol. The van der Waals surface area contributed by atoms with Crippen molar-refractivity contribution in [2.45, 2.75) is 33.2 Å². The van der Waals surface area contributed by atoms with E-state index in [0.717, 1.165) is 18.5 Å². The molecule has 2 rings (SSSR count). The van der Waals surface area contributed by atoms with Crippen molar-refractivity contribution in [2.24, 2.45) is 5.41 Å². The maximum Gasteiger partial charge on any atom is 0.310 e. The molecule has 0 amide bonds. The Morgan fingerprint density at radius 1 is 1.53 bits per heavy atom. The molecule has 3 nitrogen and oxygen atoms in total. The van der Waals surface area contributed by atoms with Gasteiger partial charge in [0.25, 0.3) is 0 Å². The van der Waals surface area contributed by atoms with Crippen LogP contribution in [0.25, 0.3) is 0 Å². The fourth-order valence-corrected chi connectivity index (χ4v) is 2.65. The predicted molar refractivity (Wildman–Crippen MR) is 71.4 cm³/mol. The second-order valence-corrected chi connectivity index (χ2v) is 5.76. The van der Waals surface area contributed by atoms with Gasteiger partial charge in [0, 0.05) is 13.1 Å². The van der Waals surface area contributed by atoms with Crippen molar-refractivity contribution in [1.82, 2.24) is 4.90 Å². The van der Waals surface area contributed by atoms with Crippen molar-refractivity contribution < 1.29 is 14.3 Å². The summed E-state index contributed by atoms with van der Waals surface area (Å²) in [5, 5.41) is 9.28. The molecule has 1 unspecified atom stereocenters. The number of aryl methyl sites for hydroxylation is 1. The Kier molecular flexibility index (Phi) is 3.90. The Morgan fingerprint density at radius 3 is 2.89 bits per heavy atom. The minimum atomic E-state index is -0.743. The predicted octanol–water partition coefficient (Wildman–Crippen LogP) is 2.82. The number of carboxylic acids is 1. The molecule has 1 saturated heterocycles. The van der Waals surface area contributed by atoms with Crippen LogP contribution in [0.15, 0.2) is 18.2 Å². The summed E-state index contributed by atoms with van der Waals surface area (Å²) in [5.41, 5.74) is 0.858. The molecule has 1 aromatic rings. The quantitative estimate of drug-likeness (QED) is 0.913. The summed E-state index contributed by atoms with van der Waals surface area (Å²) in [4.78, 5) is 13.4. The number of benzene rings is 1. The van der Waals surface area contributed by atoms with Crippen LogP contribution < -0.4 is 0 Å². The number of rotatable bonds is 3. The van der Waals surface area contributed by atoms with Crippen LogP contribution in [-0.2, 0) is 11.3 Å². The molecule has 1 aromatic carbocycles. The molecule has 1 aliphatic rings. The summed E-state index contributed by atoms with van der Waals surface area (Å²) in [6.45, 7) is 5.54. The van der Waals surface area contributed by atoms with E-state index in [9.17, 15) is 14.3 Å². The second-order valence-electron chi connectivity index (χ2n) is 5.76. The summed E-state index contributed by atoms with van der Waals surface area (Å²) in [7, 11) is 0. The molecule has 4 heteroatoms. The molecule has 0 bridgehead atoms. The van der Waals surface area contributed by atoms with Gasteiger partial charge in [-0.25, -0.2) is 4.39 Å². The number of carboxylic acid groups (broad SMARTS) is 1. The van der Waals surface area contributed by atoms with E-state index in [-0.39, 0.29) is 5.82 Å². The molecule has 1 atom stereocenters. The fraction of sp³-hybridized carbons (Fsp3) is 0.533. The Bertz CT molecular complexity index is 489. The molecule has 1 N–H and O–H groups in total. The third kappa shape index (κ3) is 3.13. The van der Waals surface area contributed by atoms with Crippen LogP contribution in [0.3, 0.4) is 0 Å². The van der Waals surface area contributed by atoms with Gasteiger partial charge in [-0.3, -0.25) is 9.69 Å². The lowest BCUT2D eigenvalue weighted by molar-refractivity contribution is -0.151. The summed E-state index contributed by atoms with van der Waals surface area (Å²) in [6, 6.07) is 5.22. The number of aliphatic carboxylic acids is 1. The minimum absolute atomic E-state index is 0.199. The number of halogens is 1. The molecule has 1 fully saturated rings. The third-order valence-electron chi connectivity index (χ3n) is 3.93. The second kappa shape index (κ2) is 5.29. The third-order valence-corrected chi connectivity index (χ3v) is 3.93. The molecule has 104 valence electrons. The van der Waals surface area contributed by atoms with Crippen molar-refractivity contribution in [3.63, 3.8) is 0 Å². The first-order valence-electron chi connectivity index (χ1n) is 6.61. The van der Waals surface area contributed by atoms with E-state index in [4.69, 9.17) is 0 Å². The number of piperidine rings is 1. The first-order chi connectivity index (χ1) is 8.90. The average molecular weight is 265 g/mol. The highest BCUT2D eigenvalue weighted by Crippen LogP contribution is 2.30. The Hall–Kier alpha value is -1.42. The average Bonchev–Trinajstić information content (AvgIpc) is 2.34. The van der Waals surface area contributed by atoms with Gasteiger partial charge in [-0.15, -0.1) is 0 Å². The highest BCUT2D eigenvalue weighted by molar-refractivity contribution is 5.74. The molecule has 0 saturated carbocycles. The van der Waals surface area contributed by atoms with Crippen molar-refractivity contribution in [3.8, 4) is 0 Å². The summed E-state index contributed by atoms with van der Waals surface area (Å²) < 4.78 is 13.5. The van der Waals surface area contributed by atoms with Crippen LogP contribution >= 0.6 is 0 Å². The zero-order valence-electron chi connectivity index (χ0n) is 11.4. The van der Waals surface area contributed by atoms with Gasteiger partial charge in [0.15, 0.2) is 0 Å². The Labute approximate surface area is 113 Å². The van der Waals surface area contributed by atoms with Gasteiger partial charge in [0.05, 0.1) is 5.41 Å². The monoisotopic (exact) mass is 265 g/mol. The maximum absolute atomic E-state index is 13.5. The van der Waals surface area contributed by atoms with E-state index in [2.05, 4.69) is 4.90 Å².